The zero-order valence-electron chi connectivity index (χ0n) is 16.7. The van der Waals surface area contributed by atoms with Crippen molar-refractivity contribution in [3.05, 3.63) is 45.8 Å². The standard InChI is InChI=1S/C19H19BrClF4N3O3/c1-9(20)13(16(21)27(2)3)10-8-28(4)18(30)14(10)17(29)26-12-7-5-6-11(22)15(12)31-19(23,24)25/h5-7,10,14H,1,8H2,2-4H3,(H,26,29)/b16-13+/t10-,14+/m1/s1. The highest BCUT2D eigenvalue weighted by molar-refractivity contribution is 9.11. The van der Waals surface area contributed by atoms with E-state index in [-0.39, 0.29) is 11.7 Å². The van der Waals surface area contributed by atoms with Crippen LogP contribution in [0.15, 0.2) is 40.0 Å². The number of nitrogens with one attached hydrogen (secondary N) is 1. The molecule has 1 saturated heterocycles. The Bertz CT molecular complexity index is 936. The first-order chi connectivity index (χ1) is 14.2. The molecule has 2 amide bonds. The molecule has 1 aliphatic heterocycles. The summed E-state index contributed by atoms with van der Waals surface area (Å²) >= 11 is 9.60. The maximum Gasteiger partial charge on any atom is 0.573 e. The fourth-order valence-electron chi connectivity index (χ4n) is 3.20. The maximum atomic E-state index is 14.0. The lowest BCUT2D eigenvalue weighted by atomic mass is 9.87. The van der Waals surface area contributed by atoms with Crippen LogP contribution in [0.2, 0.25) is 0 Å². The first-order valence-corrected chi connectivity index (χ1v) is 9.93. The molecule has 170 valence electrons. The normalized spacial score (nSPS) is 19.8. The maximum absolute atomic E-state index is 14.0. The fourth-order valence-corrected chi connectivity index (χ4v) is 4.05. The van der Waals surface area contributed by atoms with Crippen LogP contribution in [0.3, 0.4) is 0 Å². The van der Waals surface area contributed by atoms with Crippen molar-refractivity contribution in [1.29, 1.82) is 0 Å². The van der Waals surface area contributed by atoms with E-state index in [2.05, 4.69) is 32.6 Å². The van der Waals surface area contributed by atoms with Gasteiger partial charge in [0, 0.05) is 43.7 Å². The van der Waals surface area contributed by atoms with Crippen molar-refractivity contribution >= 4 is 45.0 Å². The number of allylic oxidation sites excluding steroid dienone is 1. The highest BCUT2D eigenvalue weighted by Gasteiger charge is 2.46. The van der Waals surface area contributed by atoms with Crippen LogP contribution in [-0.2, 0) is 9.59 Å². The molecule has 31 heavy (non-hydrogen) atoms. The molecule has 0 saturated carbocycles. The SMILES string of the molecule is C=C(Br)/C(=C(/Cl)N(C)C)[C@H]1CN(C)C(=O)[C@@H]1C(=O)Nc1cccc(F)c1OC(F)(F)F. The zero-order chi connectivity index (χ0) is 23.7. The molecule has 1 aromatic carbocycles. The summed E-state index contributed by atoms with van der Waals surface area (Å²) in [7, 11) is 4.78. The van der Waals surface area contributed by atoms with Crippen molar-refractivity contribution < 1.29 is 31.9 Å². The molecule has 0 aliphatic carbocycles. The lowest BCUT2D eigenvalue weighted by Crippen LogP contribution is -2.34. The number of carbonyl (C=O) groups is 2. The Morgan fingerprint density at radius 1 is 1.39 bits per heavy atom. The number of rotatable bonds is 6. The molecule has 0 unspecified atom stereocenters. The van der Waals surface area contributed by atoms with Crippen molar-refractivity contribution in [2.45, 2.75) is 6.36 Å². The second-order valence-corrected chi connectivity index (χ2v) is 8.28. The molecule has 0 radical (unpaired) electrons. The van der Waals surface area contributed by atoms with Gasteiger partial charge in [-0.15, -0.1) is 13.2 Å². The topological polar surface area (TPSA) is 61.9 Å². The third-order valence-corrected chi connectivity index (χ3v) is 5.49. The van der Waals surface area contributed by atoms with Gasteiger partial charge >= 0.3 is 6.36 Å². The van der Waals surface area contributed by atoms with Crippen molar-refractivity contribution in [1.82, 2.24) is 9.80 Å². The first-order valence-electron chi connectivity index (χ1n) is 8.76. The number of ether oxygens (including phenoxy) is 1. The summed E-state index contributed by atoms with van der Waals surface area (Å²) in [6.45, 7) is 3.90. The molecule has 1 N–H and O–H groups in total. The summed E-state index contributed by atoms with van der Waals surface area (Å²) in [4.78, 5) is 28.5. The van der Waals surface area contributed by atoms with Crippen molar-refractivity contribution in [2.75, 3.05) is 33.0 Å². The van der Waals surface area contributed by atoms with E-state index in [1.807, 2.05) is 0 Å². The third-order valence-electron chi connectivity index (χ3n) is 4.52. The molecule has 1 aromatic rings. The second-order valence-electron chi connectivity index (χ2n) is 6.96. The zero-order valence-corrected chi connectivity index (χ0v) is 19.0. The van der Waals surface area contributed by atoms with E-state index in [0.29, 0.717) is 10.1 Å². The molecule has 6 nitrogen and oxygen atoms in total. The Kier molecular flexibility index (Phi) is 7.64. The Labute approximate surface area is 189 Å². The van der Waals surface area contributed by atoms with Crippen LogP contribution in [-0.4, -0.2) is 55.7 Å². The molecule has 1 heterocycles. The van der Waals surface area contributed by atoms with Gasteiger partial charge in [-0.05, 0) is 12.1 Å². The Balaban J connectivity index is 2.46. The van der Waals surface area contributed by atoms with Crippen LogP contribution in [0, 0.1) is 17.7 Å². The molecule has 2 atom stereocenters. The summed E-state index contributed by atoms with van der Waals surface area (Å²) in [5, 5.41) is 2.40. The van der Waals surface area contributed by atoms with Crippen molar-refractivity contribution in [3.8, 4) is 5.75 Å². The van der Waals surface area contributed by atoms with Gasteiger partial charge in [0.15, 0.2) is 11.6 Å². The van der Waals surface area contributed by atoms with Gasteiger partial charge in [-0.25, -0.2) is 4.39 Å². The average Bonchev–Trinajstić information content (AvgIpc) is 2.91. The summed E-state index contributed by atoms with van der Waals surface area (Å²) < 4.78 is 56.0. The number of carbonyl (C=O) groups excluding carboxylic acids is 2. The van der Waals surface area contributed by atoms with E-state index in [1.54, 1.807) is 19.0 Å². The molecular formula is C19H19BrClF4N3O3. The van der Waals surface area contributed by atoms with Gasteiger partial charge < -0.3 is 19.9 Å². The highest BCUT2D eigenvalue weighted by atomic mass is 79.9. The summed E-state index contributed by atoms with van der Waals surface area (Å²) in [6, 6.07) is 2.89. The Morgan fingerprint density at radius 3 is 2.52 bits per heavy atom. The van der Waals surface area contributed by atoms with Gasteiger partial charge in [0.2, 0.25) is 11.8 Å². The number of anilines is 1. The minimum absolute atomic E-state index is 0.107. The molecule has 0 spiro atoms. The predicted molar refractivity (Wildman–Crippen MR) is 111 cm³/mol. The van der Waals surface area contributed by atoms with Gasteiger partial charge in [-0.3, -0.25) is 9.59 Å². The average molecular weight is 529 g/mol. The summed E-state index contributed by atoms with van der Waals surface area (Å²) in [5.74, 6) is -6.15. The third kappa shape index (κ3) is 5.70. The Morgan fingerprint density at radius 2 is 2.00 bits per heavy atom. The number of nitrogens with zero attached hydrogens (tertiary/aromatic N) is 2. The minimum Gasteiger partial charge on any atom is -0.400 e. The van der Waals surface area contributed by atoms with E-state index >= 15 is 0 Å². The van der Waals surface area contributed by atoms with Gasteiger partial charge in [-0.1, -0.05) is 40.2 Å². The molecular weight excluding hydrogens is 510 g/mol. The predicted octanol–water partition coefficient (Wildman–Crippen LogP) is 4.29. The summed E-state index contributed by atoms with van der Waals surface area (Å²) in [6.07, 6.45) is -5.18. The lowest BCUT2D eigenvalue weighted by molar-refractivity contribution is -0.275. The number of likely N-dealkylation sites (tertiary alicyclic amines) is 1. The van der Waals surface area contributed by atoms with Crippen LogP contribution >= 0.6 is 27.5 Å². The van der Waals surface area contributed by atoms with Gasteiger partial charge in [-0.2, -0.15) is 0 Å². The van der Waals surface area contributed by atoms with Crippen LogP contribution in [0.4, 0.5) is 23.2 Å². The molecule has 12 heteroatoms. The molecule has 0 bridgehead atoms. The van der Waals surface area contributed by atoms with Crippen LogP contribution < -0.4 is 10.1 Å². The van der Waals surface area contributed by atoms with Crippen LogP contribution in [0.25, 0.3) is 0 Å². The van der Waals surface area contributed by atoms with E-state index in [0.717, 1.165) is 18.2 Å². The number of hydrogen-bond acceptors (Lipinski definition) is 4. The minimum atomic E-state index is -5.18. The number of alkyl halides is 3. The highest BCUT2D eigenvalue weighted by Crippen LogP contribution is 2.40. The molecule has 0 aromatic heterocycles. The van der Waals surface area contributed by atoms with Gasteiger partial charge in [0.05, 0.1) is 5.69 Å². The number of halogens is 6. The Hall–Kier alpha value is -2.27. The number of amides is 2. The van der Waals surface area contributed by atoms with Gasteiger partial charge in [0.1, 0.15) is 11.1 Å². The van der Waals surface area contributed by atoms with E-state index in [9.17, 15) is 27.2 Å². The van der Waals surface area contributed by atoms with E-state index < -0.39 is 47.3 Å². The first kappa shape index (κ1) is 25.0. The largest absolute Gasteiger partial charge is 0.573 e. The fraction of sp³-hybridized carbons (Fsp3) is 0.368. The van der Waals surface area contributed by atoms with Gasteiger partial charge in [0.25, 0.3) is 0 Å². The number of para-hydroxylation sites is 1. The number of hydrogen-bond donors (Lipinski definition) is 1. The van der Waals surface area contributed by atoms with Crippen molar-refractivity contribution in [3.63, 3.8) is 0 Å². The van der Waals surface area contributed by atoms with Crippen molar-refractivity contribution in [2.24, 2.45) is 11.8 Å². The van der Waals surface area contributed by atoms with Crippen LogP contribution in [0.1, 0.15) is 0 Å². The van der Waals surface area contributed by atoms with E-state index in [1.165, 1.54) is 11.9 Å². The molecule has 2 rings (SSSR count). The van der Waals surface area contributed by atoms with Crippen LogP contribution in [0.5, 0.6) is 5.75 Å². The quantitative estimate of drug-likeness (QED) is 0.259. The summed E-state index contributed by atoms with van der Waals surface area (Å²) in [5.41, 5.74) is -0.180. The number of benzene rings is 1. The second kappa shape index (κ2) is 9.47. The molecule has 1 aliphatic rings. The monoisotopic (exact) mass is 527 g/mol. The van der Waals surface area contributed by atoms with E-state index in [4.69, 9.17) is 11.6 Å². The molecule has 1 fully saturated rings. The smallest absolute Gasteiger partial charge is 0.400 e. The lowest BCUT2D eigenvalue weighted by Gasteiger charge is -2.24.